The molecule has 7 rings (SSSR count). The van der Waals surface area contributed by atoms with Gasteiger partial charge in [0.2, 0.25) is 52.7 Å². The number of hydrogen-bond acceptors (Lipinski definition) is 21. The molecule has 0 saturated carbocycles. The molecule has 0 radical (unpaired) electrons. The maximum Gasteiger partial charge on any atom is 0.329 e. The molecule has 10 amide bonds. The predicted octanol–water partition coefficient (Wildman–Crippen LogP) is -2.01. The second kappa shape index (κ2) is 28.0. The third kappa shape index (κ3) is 13.8. The number of carbonyl (C=O) groups is 13. The number of cyclic esters (lactones) is 2. The largest absolute Gasteiger partial charge is 0.458 e. The van der Waals surface area contributed by atoms with Crippen LogP contribution in [0.3, 0.4) is 0 Å². The van der Waals surface area contributed by atoms with Gasteiger partial charge in [-0.25, -0.2) is 14.6 Å². The number of aromatic nitrogens is 1. The Bertz CT molecular complexity index is 3590. The molecule has 1 aromatic carbocycles. The fraction of sp³-hybridized carbons (Fsp3) is 0.597. The summed E-state index contributed by atoms with van der Waals surface area (Å²) in [6, 6.07) is -12.0. The van der Waals surface area contributed by atoms with E-state index in [0.29, 0.717) is 5.56 Å². The van der Waals surface area contributed by atoms with E-state index in [1.807, 2.05) is 0 Å². The summed E-state index contributed by atoms with van der Waals surface area (Å²) in [6.07, 6.45) is -5.48. The number of ketones is 1. The third-order valence-electron chi connectivity index (χ3n) is 17.9. The summed E-state index contributed by atoms with van der Waals surface area (Å²) in [5.41, 5.74) is 2.69. The van der Waals surface area contributed by atoms with Crippen molar-refractivity contribution in [2.45, 2.75) is 175 Å². The zero-order valence-electron chi connectivity index (χ0n) is 55.0. The number of carbonyl (C=O) groups excluding carboxylic acids is 13. The number of aliphatic hydroxyl groups is 2. The van der Waals surface area contributed by atoms with Crippen LogP contribution in [-0.2, 0) is 62.2 Å². The minimum Gasteiger partial charge on any atom is -0.458 e. The summed E-state index contributed by atoms with van der Waals surface area (Å²) in [4.78, 5) is 212. The maximum atomic E-state index is 15.2. The van der Waals surface area contributed by atoms with E-state index in [1.54, 1.807) is 41.5 Å². The van der Waals surface area contributed by atoms with E-state index in [1.165, 1.54) is 81.9 Å². The number of aryl methyl sites for hydroxylation is 1. The number of nitrogen functional groups attached to an aromatic ring is 1. The van der Waals surface area contributed by atoms with Gasteiger partial charge in [0, 0.05) is 46.2 Å². The number of fused-ring (bicyclic) bond motifs is 4. The number of nitrogens with zero attached hydrogens (tertiary/aromatic N) is 7. The molecule has 506 valence electrons. The van der Waals surface area contributed by atoms with E-state index in [-0.39, 0.29) is 34.4 Å². The molecule has 4 saturated heterocycles. The fourth-order valence-electron chi connectivity index (χ4n) is 12.2. The van der Waals surface area contributed by atoms with Gasteiger partial charge in [0.15, 0.2) is 23.2 Å². The molecule has 3 unspecified atom stereocenters. The van der Waals surface area contributed by atoms with Gasteiger partial charge in [-0.2, -0.15) is 0 Å². The number of anilines is 1. The molecule has 1 aromatic rings. The van der Waals surface area contributed by atoms with Crippen LogP contribution in [0, 0.1) is 31.6 Å². The van der Waals surface area contributed by atoms with Crippen molar-refractivity contribution in [3.8, 4) is 11.5 Å². The van der Waals surface area contributed by atoms with Gasteiger partial charge in [0.05, 0.1) is 48.7 Å². The van der Waals surface area contributed by atoms with Gasteiger partial charge < -0.3 is 80.5 Å². The Balaban J connectivity index is 1.34. The van der Waals surface area contributed by atoms with E-state index in [4.69, 9.17) is 24.6 Å². The van der Waals surface area contributed by atoms with Crippen molar-refractivity contribution in [3.05, 3.63) is 44.6 Å². The van der Waals surface area contributed by atoms with Crippen molar-refractivity contribution in [2.24, 2.45) is 17.8 Å². The number of nitrogens with one attached hydrogen (secondary N) is 4. The van der Waals surface area contributed by atoms with Gasteiger partial charge in [-0.05, 0) is 77.3 Å². The van der Waals surface area contributed by atoms with Crippen molar-refractivity contribution in [2.75, 3.05) is 53.6 Å². The first-order chi connectivity index (χ1) is 43.4. The molecular formula is C62H84N12O19. The quantitative estimate of drug-likeness (QED) is 0.0728. The van der Waals surface area contributed by atoms with Gasteiger partial charge in [-0.15, -0.1) is 0 Å². The highest BCUT2D eigenvalue weighted by molar-refractivity contribution is 6.11. The summed E-state index contributed by atoms with van der Waals surface area (Å²) in [6.45, 7) is 15.5. The Labute approximate surface area is 536 Å². The number of Topliss-reactive ketones (excluding diaryl/α,β-unsaturated/α-hetero) is 1. The number of ether oxygens (including phenoxy) is 2. The first-order valence-electron chi connectivity index (χ1n) is 30.6. The summed E-state index contributed by atoms with van der Waals surface area (Å²) >= 11 is 0. The molecule has 13 atom stereocenters. The SMILES string of the molecule is Cc1c2oc3c(C)ccc(C(=O)N[C@@H]4C(=O)N[C@H](C(C)C)C(=O)N5C(C)CC(O)[C@H]5C(=O)N(C)CC(=O)N(C)[C@@H](C(C)C)C(=O)O[C@@H]4C)c3nc-2c(C(=O)N[C@@H]2C(=O)N[C@H](C(C)C)C(=O)N3C(C)C(=O)C[C@H]3C(=O)N(C)CC(=O)N(C)[C@@H](C)C(=O)O[C@@H]2CO)c(N)c1=O. The van der Waals surface area contributed by atoms with Crippen LogP contribution in [0.4, 0.5) is 5.69 Å². The summed E-state index contributed by atoms with van der Waals surface area (Å²) in [7, 11) is 5.11. The molecule has 31 nitrogen and oxygen atoms in total. The minimum absolute atomic E-state index is 0.0373. The highest BCUT2D eigenvalue weighted by Gasteiger charge is 2.52. The topological polar surface area (TPSA) is 418 Å². The average molecular weight is 1300 g/mol. The van der Waals surface area contributed by atoms with Crippen molar-refractivity contribution in [1.29, 1.82) is 0 Å². The van der Waals surface area contributed by atoms with Crippen molar-refractivity contribution >= 4 is 93.6 Å². The molecule has 1 aliphatic carbocycles. The van der Waals surface area contributed by atoms with E-state index < -0.39 is 222 Å². The van der Waals surface area contributed by atoms with Gasteiger partial charge >= 0.3 is 11.9 Å². The second-order valence-electron chi connectivity index (χ2n) is 25.6. The van der Waals surface area contributed by atoms with Crippen LogP contribution >= 0.6 is 0 Å². The zero-order chi connectivity index (χ0) is 69.6. The number of nitrogens with two attached hydrogens (primary N) is 1. The zero-order valence-corrected chi connectivity index (χ0v) is 55.0. The van der Waals surface area contributed by atoms with Crippen LogP contribution in [0.1, 0.15) is 114 Å². The number of esters is 2. The first-order valence-corrected chi connectivity index (χ1v) is 30.6. The number of benzene rings is 2. The molecule has 93 heavy (non-hydrogen) atoms. The summed E-state index contributed by atoms with van der Waals surface area (Å²) < 4.78 is 17.9. The third-order valence-corrected chi connectivity index (χ3v) is 17.9. The Morgan fingerprint density at radius 1 is 0.699 bits per heavy atom. The molecule has 8 N–H and O–H groups in total. The van der Waals surface area contributed by atoms with Crippen LogP contribution in [0.25, 0.3) is 22.6 Å². The molecule has 0 aromatic heterocycles. The smallest absolute Gasteiger partial charge is 0.329 e. The van der Waals surface area contributed by atoms with E-state index >= 15 is 9.59 Å². The highest BCUT2D eigenvalue weighted by Crippen LogP contribution is 2.36. The van der Waals surface area contributed by atoms with Gasteiger partial charge in [0.25, 0.3) is 11.8 Å². The van der Waals surface area contributed by atoms with E-state index in [9.17, 15) is 67.7 Å². The normalized spacial score (nSPS) is 28.1. The molecule has 5 heterocycles. The summed E-state index contributed by atoms with van der Waals surface area (Å²) in [5, 5.41) is 32.4. The average Bonchev–Trinajstić information content (AvgIpc) is 1.54. The van der Waals surface area contributed by atoms with Gasteiger partial charge in [-0.1, -0.05) is 47.6 Å². The van der Waals surface area contributed by atoms with E-state index in [2.05, 4.69) is 21.3 Å². The molecule has 5 aliphatic heterocycles. The van der Waals surface area contributed by atoms with Crippen LogP contribution in [0.15, 0.2) is 21.3 Å². The lowest BCUT2D eigenvalue weighted by Gasteiger charge is -2.37. The Morgan fingerprint density at radius 3 is 1.82 bits per heavy atom. The van der Waals surface area contributed by atoms with Crippen LogP contribution in [0.2, 0.25) is 0 Å². The number of rotatable bonds is 8. The lowest BCUT2D eigenvalue weighted by Crippen LogP contribution is -2.62. The van der Waals surface area contributed by atoms with Crippen molar-refractivity contribution in [3.63, 3.8) is 0 Å². The van der Waals surface area contributed by atoms with Crippen LogP contribution in [0.5, 0.6) is 0 Å². The summed E-state index contributed by atoms with van der Waals surface area (Å²) in [5.74, 6) is -14.9. The number of likely N-dealkylation sites (N-methyl/N-ethyl adjacent to an activating group) is 4. The van der Waals surface area contributed by atoms with Gasteiger partial charge in [0.1, 0.15) is 65.6 Å². The lowest BCUT2D eigenvalue weighted by atomic mass is 9.98. The van der Waals surface area contributed by atoms with Crippen molar-refractivity contribution in [1.82, 2.24) is 55.7 Å². The maximum absolute atomic E-state index is 15.2. The lowest BCUT2D eigenvalue weighted by molar-refractivity contribution is -0.163. The second-order valence-corrected chi connectivity index (χ2v) is 25.6. The molecular weight excluding hydrogens is 1220 g/mol. The Morgan fingerprint density at radius 2 is 1.25 bits per heavy atom. The molecule has 31 heteroatoms. The monoisotopic (exact) mass is 1300 g/mol. The van der Waals surface area contributed by atoms with E-state index in [0.717, 1.165) is 29.4 Å². The number of hydrogen-bond donors (Lipinski definition) is 7. The number of aliphatic hydroxyl groups excluding tert-OH is 2. The van der Waals surface area contributed by atoms with Crippen LogP contribution < -0.4 is 32.4 Å². The Kier molecular flexibility index (Phi) is 21.5. The van der Waals surface area contributed by atoms with Crippen molar-refractivity contribution < 1.29 is 86.4 Å². The Hall–Kier alpha value is -9.13. The molecule has 6 aliphatic rings. The van der Waals surface area contributed by atoms with Crippen LogP contribution in [-0.4, -0.2) is 248 Å². The highest BCUT2D eigenvalue weighted by atomic mass is 16.6. The first kappa shape index (κ1) is 71.3. The standard InChI is InChI=1S/C62H84N12O19/c1-24(2)42-58(86)73-28(8)19-36(77)49(73)60(88)70(14)22-39(79)72(16)48(26(5)6)62(90)91-32(12)44(55(83)65-42)67-53(81)33-18-17-27(7)51-45(33)64-47-40(41(63)50(80)29(9)52(47)93-51)54(82)68-46-37(23-75)92-61(89)31(11)71(15)38(78)21-69(13)57(85)34-20-35(76)30(10)74(34)59(87)43(25(3)4)66-56(46)84/h17-18,24-26,28,30-32,34,36-37,42-44,46,48-49,75,77H,19-23,63H2,1-16H3,(H,65,83)(H,66,84)(H,67,81)(H,68,82)/t28?,30?,31-,32+,34-,36?,37+,42+,43+,44-,46-,48-,49-/m0/s1. The number of amides is 10. The minimum atomic E-state index is -2.20. The molecule has 4 fully saturated rings. The predicted molar refractivity (Wildman–Crippen MR) is 329 cm³/mol. The fourth-order valence-corrected chi connectivity index (χ4v) is 12.2. The molecule has 0 spiro atoms. The molecule has 0 bridgehead atoms. The van der Waals surface area contributed by atoms with Gasteiger partial charge in [-0.3, -0.25) is 57.5 Å².